The Kier molecular flexibility index (Phi) is 5.77. The van der Waals surface area contributed by atoms with Crippen molar-refractivity contribution in [1.82, 2.24) is 20.0 Å². The molecule has 146 valence electrons. The summed E-state index contributed by atoms with van der Waals surface area (Å²) < 4.78 is 5.06. The van der Waals surface area contributed by atoms with E-state index in [1.165, 1.54) is 22.3 Å². The molecule has 0 aliphatic rings. The second-order valence-electron chi connectivity index (χ2n) is 7.08. The minimum Gasteiger partial charge on any atom is -0.339 e. The van der Waals surface area contributed by atoms with Gasteiger partial charge in [-0.05, 0) is 34.9 Å². The standard InChI is InChI=1S/C24H24N4O/c1-3-28(17-20-5-4-14-25-15-20)16-19-6-8-21(9-7-19)22-10-12-23(13-11-22)24-26-18(2)29-27-24/h4-15H,3,16-17H2,1-2H3. The maximum Gasteiger partial charge on any atom is 0.223 e. The summed E-state index contributed by atoms with van der Waals surface area (Å²) in [4.78, 5) is 10.9. The molecule has 0 saturated heterocycles. The van der Waals surface area contributed by atoms with Crippen LogP contribution in [0.4, 0.5) is 0 Å². The Morgan fingerprint density at radius 1 is 0.828 bits per heavy atom. The van der Waals surface area contributed by atoms with E-state index in [0.717, 1.165) is 25.2 Å². The number of benzene rings is 2. The van der Waals surface area contributed by atoms with Crippen molar-refractivity contribution in [1.29, 1.82) is 0 Å². The lowest BCUT2D eigenvalue weighted by Crippen LogP contribution is -2.22. The Hall–Kier alpha value is -3.31. The van der Waals surface area contributed by atoms with Gasteiger partial charge in [-0.25, -0.2) is 0 Å². The first kappa shape index (κ1) is 19.0. The van der Waals surface area contributed by atoms with Crippen molar-refractivity contribution in [3.8, 4) is 22.5 Å². The van der Waals surface area contributed by atoms with Crippen LogP contribution in [0.25, 0.3) is 22.5 Å². The molecule has 0 spiro atoms. The Bertz CT molecular complexity index is 1040. The van der Waals surface area contributed by atoms with Crippen LogP contribution in [0.15, 0.2) is 77.6 Å². The Morgan fingerprint density at radius 2 is 1.48 bits per heavy atom. The van der Waals surface area contributed by atoms with E-state index in [1.54, 1.807) is 6.92 Å². The monoisotopic (exact) mass is 384 g/mol. The van der Waals surface area contributed by atoms with Crippen molar-refractivity contribution in [2.24, 2.45) is 0 Å². The van der Waals surface area contributed by atoms with E-state index >= 15 is 0 Å². The number of aryl methyl sites for hydroxylation is 1. The maximum absolute atomic E-state index is 5.06. The molecule has 0 aliphatic heterocycles. The molecule has 0 bridgehead atoms. The molecule has 0 fully saturated rings. The summed E-state index contributed by atoms with van der Waals surface area (Å²) in [5.41, 5.74) is 5.86. The first-order valence-electron chi connectivity index (χ1n) is 9.82. The zero-order valence-corrected chi connectivity index (χ0v) is 16.7. The summed E-state index contributed by atoms with van der Waals surface area (Å²) in [7, 11) is 0. The van der Waals surface area contributed by atoms with Crippen molar-refractivity contribution in [3.05, 3.63) is 90.1 Å². The minimum absolute atomic E-state index is 0.573. The smallest absolute Gasteiger partial charge is 0.223 e. The second kappa shape index (κ2) is 8.80. The highest BCUT2D eigenvalue weighted by Crippen LogP contribution is 2.24. The molecule has 0 aliphatic carbocycles. The lowest BCUT2D eigenvalue weighted by Gasteiger charge is -2.20. The fourth-order valence-corrected chi connectivity index (χ4v) is 3.32. The number of aromatic nitrogens is 3. The van der Waals surface area contributed by atoms with Crippen molar-refractivity contribution < 1.29 is 4.52 Å². The van der Waals surface area contributed by atoms with Crippen LogP contribution in [0, 0.1) is 6.92 Å². The fraction of sp³-hybridized carbons (Fsp3) is 0.208. The van der Waals surface area contributed by atoms with Gasteiger partial charge in [0.25, 0.3) is 0 Å². The highest BCUT2D eigenvalue weighted by Gasteiger charge is 2.08. The highest BCUT2D eigenvalue weighted by atomic mass is 16.5. The van der Waals surface area contributed by atoms with E-state index < -0.39 is 0 Å². The lowest BCUT2D eigenvalue weighted by atomic mass is 10.0. The molecule has 5 nitrogen and oxygen atoms in total. The van der Waals surface area contributed by atoms with E-state index in [1.807, 2.05) is 30.6 Å². The molecule has 0 unspecified atom stereocenters. The number of rotatable bonds is 7. The number of hydrogen-bond acceptors (Lipinski definition) is 5. The first-order chi connectivity index (χ1) is 14.2. The van der Waals surface area contributed by atoms with Gasteiger partial charge in [-0.1, -0.05) is 66.7 Å². The topological polar surface area (TPSA) is 55.1 Å². The van der Waals surface area contributed by atoms with Crippen LogP contribution in [0.1, 0.15) is 23.9 Å². The molecule has 2 aromatic heterocycles. The van der Waals surface area contributed by atoms with E-state index in [4.69, 9.17) is 4.52 Å². The van der Waals surface area contributed by atoms with Crippen LogP contribution in [0.2, 0.25) is 0 Å². The molecule has 0 amide bonds. The zero-order valence-electron chi connectivity index (χ0n) is 16.7. The van der Waals surface area contributed by atoms with Gasteiger partial charge in [-0.3, -0.25) is 9.88 Å². The first-order valence-corrected chi connectivity index (χ1v) is 9.82. The molecule has 0 N–H and O–H groups in total. The van der Waals surface area contributed by atoms with Gasteiger partial charge in [0.15, 0.2) is 0 Å². The third-order valence-corrected chi connectivity index (χ3v) is 4.94. The van der Waals surface area contributed by atoms with Crippen LogP contribution in [-0.4, -0.2) is 26.6 Å². The van der Waals surface area contributed by atoms with Gasteiger partial charge in [0.05, 0.1) is 0 Å². The second-order valence-corrected chi connectivity index (χ2v) is 7.08. The molecule has 0 radical (unpaired) electrons. The van der Waals surface area contributed by atoms with Gasteiger partial charge in [-0.15, -0.1) is 0 Å². The van der Waals surface area contributed by atoms with Crippen LogP contribution >= 0.6 is 0 Å². The van der Waals surface area contributed by atoms with Gasteiger partial charge in [0, 0.05) is 38.0 Å². The van der Waals surface area contributed by atoms with Crippen LogP contribution in [0.5, 0.6) is 0 Å². The SMILES string of the molecule is CCN(Cc1ccc(-c2ccc(-c3noc(C)n3)cc2)cc1)Cc1cccnc1. The van der Waals surface area contributed by atoms with Crippen molar-refractivity contribution in [2.75, 3.05) is 6.54 Å². The van der Waals surface area contributed by atoms with Gasteiger partial charge in [0.2, 0.25) is 11.7 Å². The molecule has 4 aromatic rings. The summed E-state index contributed by atoms with van der Waals surface area (Å²) in [6.45, 7) is 6.80. The average Bonchev–Trinajstić information content (AvgIpc) is 3.21. The number of nitrogens with zero attached hydrogens (tertiary/aromatic N) is 4. The largest absolute Gasteiger partial charge is 0.339 e. The Morgan fingerprint density at radius 3 is 2.07 bits per heavy atom. The summed E-state index contributed by atoms with van der Waals surface area (Å²) in [5, 5.41) is 3.97. The van der Waals surface area contributed by atoms with Gasteiger partial charge in [-0.2, -0.15) is 4.98 Å². The summed E-state index contributed by atoms with van der Waals surface area (Å²) in [6.07, 6.45) is 3.75. The number of hydrogen-bond donors (Lipinski definition) is 0. The van der Waals surface area contributed by atoms with E-state index in [0.29, 0.717) is 11.7 Å². The molecule has 5 heteroatoms. The Labute approximate surface area is 171 Å². The molecular weight excluding hydrogens is 360 g/mol. The van der Waals surface area contributed by atoms with Crippen LogP contribution in [-0.2, 0) is 13.1 Å². The van der Waals surface area contributed by atoms with Gasteiger partial charge < -0.3 is 4.52 Å². The van der Waals surface area contributed by atoms with Crippen LogP contribution in [0.3, 0.4) is 0 Å². The lowest BCUT2D eigenvalue weighted by molar-refractivity contribution is 0.271. The van der Waals surface area contributed by atoms with Crippen LogP contribution < -0.4 is 0 Å². The summed E-state index contributed by atoms with van der Waals surface area (Å²) in [6, 6.07) is 21.1. The highest BCUT2D eigenvalue weighted by molar-refractivity contribution is 5.67. The quantitative estimate of drug-likeness (QED) is 0.442. The summed E-state index contributed by atoms with van der Waals surface area (Å²) >= 11 is 0. The third-order valence-electron chi connectivity index (χ3n) is 4.94. The molecule has 0 atom stereocenters. The maximum atomic E-state index is 5.06. The normalized spacial score (nSPS) is 11.1. The molecular formula is C24H24N4O. The number of pyridine rings is 1. The predicted molar refractivity (Wildman–Crippen MR) is 114 cm³/mol. The predicted octanol–water partition coefficient (Wildman–Crippen LogP) is 5.13. The average molecular weight is 384 g/mol. The minimum atomic E-state index is 0.573. The molecule has 4 rings (SSSR count). The molecule has 2 heterocycles. The van der Waals surface area contributed by atoms with Crippen molar-refractivity contribution >= 4 is 0 Å². The van der Waals surface area contributed by atoms with Gasteiger partial charge >= 0.3 is 0 Å². The van der Waals surface area contributed by atoms with E-state index in [9.17, 15) is 0 Å². The fourth-order valence-electron chi connectivity index (χ4n) is 3.32. The van der Waals surface area contributed by atoms with E-state index in [-0.39, 0.29) is 0 Å². The molecule has 2 aromatic carbocycles. The zero-order chi connectivity index (χ0) is 20.1. The van der Waals surface area contributed by atoms with Crippen molar-refractivity contribution in [3.63, 3.8) is 0 Å². The molecule has 29 heavy (non-hydrogen) atoms. The summed E-state index contributed by atoms with van der Waals surface area (Å²) in [5.74, 6) is 1.20. The third kappa shape index (κ3) is 4.76. The van der Waals surface area contributed by atoms with Crippen molar-refractivity contribution in [2.45, 2.75) is 26.9 Å². The van der Waals surface area contributed by atoms with E-state index in [2.05, 4.69) is 69.4 Å². The molecule has 0 saturated carbocycles. The Balaban J connectivity index is 1.43. The van der Waals surface area contributed by atoms with Gasteiger partial charge in [0.1, 0.15) is 0 Å².